The van der Waals surface area contributed by atoms with Gasteiger partial charge in [-0.25, -0.2) is 0 Å². The van der Waals surface area contributed by atoms with Gasteiger partial charge in [-0.3, -0.25) is 0 Å². The number of rotatable bonds is 4. The number of hydrogen-bond acceptors (Lipinski definition) is 0. The third-order valence-electron chi connectivity index (χ3n) is 2.20. The maximum Gasteiger partial charge on any atom is 0.0797 e. The lowest BCUT2D eigenvalue weighted by atomic mass is 10.1. The van der Waals surface area contributed by atoms with E-state index < -0.39 is 0 Å². The summed E-state index contributed by atoms with van der Waals surface area (Å²) in [6.07, 6.45) is 5.21. The van der Waals surface area contributed by atoms with Crippen LogP contribution in [0.3, 0.4) is 0 Å². The fourth-order valence-electron chi connectivity index (χ4n) is 1.33. The first kappa shape index (κ1) is 10.1. The van der Waals surface area contributed by atoms with Crippen LogP contribution < -0.4 is 0 Å². The number of unbranched alkanes of at least 4 members (excludes halogenated alkanes) is 2. The van der Waals surface area contributed by atoms with Crippen LogP contribution in [0.4, 0.5) is 0 Å². The summed E-state index contributed by atoms with van der Waals surface area (Å²) in [5.41, 5.74) is 1.47. The third-order valence-corrected chi connectivity index (χ3v) is 3.28. The predicted molar refractivity (Wildman–Crippen MR) is 61.4 cm³/mol. The smallest absolute Gasteiger partial charge is 0.0797 e. The number of hydrogen-bond donors (Lipinski definition) is 0. The maximum atomic E-state index is 2.37. The van der Waals surface area contributed by atoms with Gasteiger partial charge < -0.3 is 4.57 Å². The molecule has 0 fully saturated rings. The molecule has 12 heavy (non-hydrogen) atoms. The van der Waals surface area contributed by atoms with Crippen LogP contribution in [-0.2, 0) is 13.5 Å². The van der Waals surface area contributed by atoms with Crippen LogP contribution in [0, 0.1) is 3.70 Å². The Morgan fingerprint density at radius 2 is 2.08 bits per heavy atom. The Hall–Kier alpha value is 0.01000. The van der Waals surface area contributed by atoms with Gasteiger partial charge in [-0.1, -0.05) is 19.8 Å². The van der Waals surface area contributed by atoms with Crippen LogP contribution in [0.1, 0.15) is 31.9 Å². The molecule has 2 heteroatoms. The fraction of sp³-hybridized carbons (Fsp3) is 0.600. The lowest BCUT2D eigenvalue weighted by Crippen LogP contribution is -1.97. The van der Waals surface area contributed by atoms with Crippen molar-refractivity contribution in [1.82, 2.24) is 4.57 Å². The van der Waals surface area contributed by atoms with Crippen molar-refractivity contribution in [3.05, 3.63) is 21.5 Å². The normalized spacial score (nSPS) is 10.6. The largest absolute Gasteiger partial charge is 0.343 e. The van der Waals surface area contributed by atoms with Crippen LogP contribution in [-0.4, -0.2) is 4.57 Å². The number of nitrogens with zero attached hydrogens (tertiary/aromatic N) is 1. The molecule has 1 heterocycles. The quantitative estimate of drug-likeness (QED) is 0.587. The van der Waals surface area contributed by atoms with E-state index in [0.29, 0.717) is 0 Å². The Kier molecular flexibility index (Phi) is 4.12. The van der Waals surface area contributed by atoms with E-state index in [2.05, 4.69) is 53.3 Å². The topological polar surface area (TPSA) is 4.93 Å². The van der Waals surface area contributed by atoms with Gasteiger partial charge in [-0.2, -0.15) is 0 Å². The van der Waals surface area contributed by atoms with Crippen LogP contribution in [0.2, 0.25) is 0 Å². The van der Waals surface area contributed by atoms with E-state index in [9.17, 15) is 0 Å². The van der Waals surface area contributed by atoms with Crippen molar-refractivity contribution in [2.24, 2.45) is 7.05 Å². The highest BCUT2D eigenvalue weighted by Gasteiger charge is 2.00. The van der Waals surface area contributed by atoms with Gasteiger partial charge in [0.05, 0.1) is 3.70 Å². The standard InChI is InChI=1S/C10H16IN/c1-3-4-5-6-9-7-8-10(11)12(9)2/h7-8H,3-6H2,1-2H3. The monoisotopic (exact) mass is 277 g/mol. The summed E-state index contributed by atoms with van der Waals surface area (Å²) in [5.74, 6) is 0. The van der Waals surface area contributed by atoms with E-state index in [1.165, 1.54) is 35.1 Å². The summed E-state index contributed by atoms with van der Waals surface area (Å²) < 4.78 is 3.61. The van der Waals surface area contributed by atoms with Crippen molar-refractivity contribution < 1.29 is 0 Å². The average Bonchev–Trinajstić information content (AvgIpc) is 2.36. The maximum absolute atomic E-state index is 2.37. The molecule has 0 amide bonds. The first-order valence-corrected chi connectivity index (χ1v) is 5.63. The van der Waals surface area contributed by atoms with Gasteiger partial charge in [0, 0.05) is 12.7 Å². The van der Waals surface area contributed by atoms with E-state index in [4.69, 9.17) is 0 Å². The van der Waals surface area contributed by atoms with E-state index >= 15 is 0 Å². The van der Waals surface area contributed by atoms with E-state index in [1.807, 2.05) is 0 Å². The summed E-state index contributed by atoms with van der Waals surface area (Å²) >= 11 is 2.37. The summed E-state index contributed by atoms with van der Waals surface area (Å²) in [5, 5.41) is 0. The van der Waals surface area contributed by atoms with Crippen LogP contribution in [0.5, 0.6) is 0 Å². The molecular weight excluding hydrogens is 261 g/mol. The highest BCUT2D eigenvalue weighted by atomic mass is 127. The Morgan fingerprint density at radius 3 is 2.58 bits per heavy atom. The van der Waals surface area contributed by atoms with Crippen LogP contribution >= 0.6 is 22.6 Å². The Bertz CT molecular complexity index is 240. The lowest BCUT2D eigenvalue weighted by molar-refractivity contribution is 0.682. The molecule has 0 saturated heterocycles. The van der Waals surface area contributed by atoms with Crippen molar-refractivity contribution in [2.75, 3.05) is 0 Å². The molecule has 1 aromatic rings. The van der Waals surface area contributed by atoms with Crippen molar-refractivity contribution >= 4 is 22.6 Å². The van der Waals surface area contributed by atoms with Crippen molar-refractivity contribution in [3.63, 3.8) is 0 Å². The average molecular weight is 277 g/mol. The molecule has 0 bridgehead atoms. The molecule has 0 aliphatic rings. The molecule has 0 N–H and O–H groups in total. The van der Waals surface area contributed by atoms with E-state index in [1.54, 1.807) is 0 Å². The minimum Gasteiger partial charge on any atom is -0.343 e. The zero-order valence-electron chi connectivity index (χ0n) is 7.81. The minimum absolute atomic E-state index is 1.23. The molecule has 0 aromatic carbocycles. The molecule has 0 saturated carbocycles. The molecule has 0 spiro atoms. The molecule has 68 valence electrons. The van der Waals surface area contributed by atoms with Gasteiger partial charge in [0.15, 0.2) is 0 Å². The van der Waals surface area contributed by atoms with Gasteiger partial charge in [-0.15, -0.1) is 0 Å². The molecule has 0 unspecified atom stereocenters. The number of halogens is 1. The Labute approximate surface area is 88.3 Å². The molecule has 1 rings (SSSR count). The number of aromatic nitrogens is 1. The molecule has 0 radical (unpaired) electrons. The Balaban J connectivity index is 2.46. The minimum atomic E-state index is 1.23. The molecular formula is C10H16IN. The fourth-order valence-corrected chi connectivity index (χ4v) is 1.82. The Morgan fingerprint density at radius 1 is 1.33 bits per heavy atom. The SMILES string of the molecule is CCCCCc1ccc(I)n1C. The highest BCUT2D eigenvalue weighted by Crippen LogP contribution is 2.12. The van der Waals surface area contributed by atoms with Crippen LogP contribution in [0.25, 0.3) is 0 Å². The zero-order valence-corrected chi connectivity index (χ0v) is 9.97. The second-order valence-electron chi connectivity index (χ2n) is 3.16. The molecule has 1 aromatic heterocycles. The van der Waals surface area contributed by atoms with Crippen molar-refractivity contribution in [1.29, 1.82) is 0 Å². The summed E-state index contributed by atoms with van der Waals surface area (Å²) in [6, 6.07) is 4.42. The summed E-state index contributed by atoms with van der Waals surface area (Å²) in [6.45, 7) is 2.24. The molecule has 0 atom stereocenters. The first-order valence-electron chi connectivity index (χ1n) is 4.55. The summed E-state index contributed by atoms with van der Waals surface area (Å²) in [4.78, 5) is 0. The van der Waals surface area contributed by atoms with Crippen LogP contribution in [0.15, 0.2) is 12.1 Å². The van der Waals surface area contributed by atoms with Gasteiger partial charge >= 0.3 is 0 Å². The van der Waals surface area contributed by atoms with E-state index in [0.717, 1.165) is 0 Å². The highest BCUT2D eigenvalue weighted by molar-refractivity contribution is 14.1. The lowest BCUT2D eigenvalue weighted by Gasteiger charge is -2.03. The summed E-state index contributed by atoms with van der Waals surface area (Å²) in [7, 11) is 2.14. The van der Waals surface area contributed by atoms with Gasteiger partial charge in [0.2, 0.25) is 0 Å². The van der Waals surface area contributed by atoms with Crippen molar-refractivity contribution in [2.45, 2.75) is 32.6 Å². The second kappa shape index (κ2) is 4.90. The van der Waals surface area contributed by atoms with Gasteiger partial charge in [0.1, 0.15) is 0 Å². The number of aryl methyl sites for hydroxylation is 1. The molecule has 0 aliphatic heterocycles. The molecule has 0 aliphatic carbocycles. The predicted octanol–water partition coefficient (Wildman–Crippen LogP) is 3.36. The first-order chi connectivity index (χ1) is 5.75. The van der Waals surface area contributed by atoms with Gasteiger partial charge in [0.25, 0.3) is 0 Å². The molecule has 1 nitrogen and oxygen atoms in total. The van der Waals surface area contributed by atoms with Crippen molar-refractivity contribution in [3.8, 4) is 0 Å². The van der Waals surface area contributed by atoms with E-state index in [-0.39, 0.29) is 0 Å². The van der Waals surface area contributed by atoms with Gasteiger partial charge in [-0.05, 0) is 47.6 Å². The third kappa shape index (κ3) is 2.51. The zero-order chi connectivity index (χ0) is 8.97. The second-order valence-corrected chi connectivity index (χ2v) is 4.27.